The summed E-state index contributed by atoms with van der Waals surface area (Å²) in [6, 6.07) is 0. The van der Waals surface area contributed by atoms with Gasteiger partial charge in [-0.05, 0) is 27.2 Å². The average molecular weight is 146 g/mol. The zero-order valence-corrected chi connectivity index (χ0v) is 7.26. The lowest BCUT2D eigenvalue weighted by Gasteiger charge is -2.30. The van der Waals surface area contributed by atoms with Crippen LogP contribution in [0.5, 0.6) is 0 Å². The fraction of sp³-hybridized carbons (Fsp3) is 1.00. The normalized spacial score (nSPS) is 18.6. The molecule has 2 unspecified atom stereocenters. The quantitative estimate of drug-likeness (QED) is 0.627. The maximum absolute atomic E-state index is 9.49. The molecule has 0 aromatic rings. The standard InChI is InChI=1S/C8H18O2/c1-5-7(6(2)9)8(3,4)10/h6-7,9-10H,5H2,1-4H3. The van der Waals surface area contributed by atoms with E-state index in [1.165, 1.54) is 0 Å². The maximum Gasteiger partial charge on any atom is 0.0644 e. The predicted molar refractivity (Wildman–Crippen MR) is 41.8 cm³/mol. The minimum atomic E-state index is -0.761. The van der Waals surface area contributed by atoms with Gasteiger partial charge in [0.25, 0.3) is 0 Å². The number of aliphatic hydroxyl groups is 2. The molecular weight excluding hydrogens is 128 g/mol. The Hall–Kier alpha value is -0.0800. The van der Waals surface area contributed by atoms with Crippen molar-refractivity contribution in [1.82, 2.24) is 0 Å². The summed E-state index contributed by atoms with van der Waals surface area (Å²) in [4.78, 5) is 0. The molecule has 0 fully saturated rings. The van der Waals surface area contributed by atoms with Gasteiger partial charge < -0.3 is 10.2 Å². The molecule has 10 heavy (non-hydrogen) atoms. The van der Waals surface area contributed by atoms with Crippen molar-refractivity contribution in [2.24, 2.45) is 5.92 Å². The summed E-state index contributed by atoms with van der Waals surface area (Å²) in [5.74, 6) is -0.0208. The van der Waals surface area contributed by atoms with E-state index in [-0.39, 0.29) is 5.92 Å². The molecule has 0 saturated carbocycles. The zero-order valence-electron chi connectivity index (χ0n) is 7.26. The Morgan fingerprint density at radius 2 is 1.80 bits per heavy atom. The average Bonchev–Trinajstić information content (AvgIpc) is 1.60. The lowest BCUT2D eigenvalue weighted by atomic mass is 9.85. The third-order valence-corrected chi connectivity index (χ3v) is 1.93. The van der Waals surface area contributed by atoms with Gasteiger partial charge in [-0.15, -0.1) is 0 Å². The van der Waals surface area contributed by atoms with Crippen LogP contribution in [-0.4, -0.2) is 21.9 Å². The van der Waals surface area contributed by atoms with E-state index in [4.69, 9.17) is 0 Å². The van der Waals surface area contributed by atoms with Crippen molar-refractivity contribution in [2.45, 2.75) is 45.8 Å². The Labute approximate surface area is 62.9 Å². The topological polar surface area (TPSA) is 40.5 Å². The summed E-state index contributed by atoms with van der Waals surface area (Å²) in [7, 11) is 0. The van der Waals surface area contributed by atoms with Gasteiger partial charge in [0.15, 0.2) is 0 Å². The van der Waals surface area contributed by atoms with Gasteiger partial charge in [0, 0.05) is 5.92 Å². The summed E-state index contributed by atoms with van der Waals surface area (Å²) in [6.45, 7) is 7.14. The first-order valence-electron chi connectivity index (χ1n) is 3.80. The Morgan fingerprint density at radius 3 is 1.80 bits per heavy atom. The molecular formula is C8H18O2. The molecule has 2 N–H and O–H groups in total. The number of aliphatic hydroxyl groups excluding tert-OH is 1. The van der Waals surface area contributed by atoms with E-state index in [2.05, 4.69) is 0 Å². The monoisotopic (exact) mass is 146 g/mol. The van der Waals surface area contributed by atoms with Crippen LogP contribution in [0.25, 0.3) is 0 Å². The van der Waals surface area contributed by atoms with Crippen LogP contribution >= 0.6 is 0 Å². The van der Waals surface area contributed by atoms with Crippen LogP contribution in [0.2, 0.25) is 0 Å². The first kappa shape index (κ1) is 9.92. The van der Waals surface area contributed by atoms with E-state index in [1.54, 1.807) is 20.8 Å². The number of hydrogen-bond donors (Lipinski definition) is 2. The van der Waals surface area contributed by atoms with Crippen LogP contribution in [0.1, 0.15) is 34.1 Å². The predicted octanol–water partition coefficient (Wildman–Crippen LogP) is 1.16. The third kappa shape index (κ3) is 2.67. The summed E-state index contributed by atoms with van der Waals surface area (Å²) < 4.78 is 0. The van der Waals surface area contributed by atoms with Crippen molar-refractivity contribution in [1.29, 1.82) is 0 Å². The van der Waals surface area contributed by atoms with Gasteiger partial charge >= 0.3 is 0 Å². The molecule has 0 spiro atoms. The molecule has 2 atom stereocenters. The third-order valence-electron chi connectivity index (χ3n) is 1.93. The van der Waals surface area contributed by atoms with Gasteiger partial charge in [0.2, 0.25) is 0 Å². The van der Waals surface area contributed by atoms with E-state index < -0.39 is 11.7 Å². The van der Waals surface area contributed by atoms with Gasteiger partial charge in [0.05, 0.1) is 11.7 Å². The summed E-state index contributed by atoms with van der Waals surface area (Å²) in [6.07, 6.45) is 0.381. The van der Waals surface area contributed by atoms with E-state index in [0.717, 1.165) is 6.42 Å². The van der Waals surface area contributed by atoms with Crippen LogP contribution in [0.4, 0.5) is 0 Å². The van der Waals surface area contributed by atoms with Crippen LogP contribution in [0.15, 0.2) is 0 Å². The zero-order chi connectivity index (χ0) is 8.36. The molecule has 0 amide bonds. The summed E-state index contributed by atoms with van der Waals surface area (Å²) >= 11 is 0. The van der Waals surface area contributed by atoms with Gasteiger partial charge in [-0.2, -0.15) is 0 Å². The van der Waals surface area contributed by atoms with Crippen molar-refractivity contribution in [3.8, 4) is 0 Å². The second-order valence-electron chi connectivity index (χ2n) is 3.41. The van der Waals surface area contributed by atoms with Crippen LogP contribution < -0.4 is 0 Å². The number of hydrogen-bond acceptors (Lipinski definition) is 2. The molecule has 0 bridgehead atoms. The van der Waals surface area contributed by atoms with Gasteiger partial charge in [-0.3, -0.25) is 0 Å². The largest absolute Gasteiger partial charge is 0.393 e. The molecule has 2 nitrogen and oxygen atoms in total. The van der Waals surface area contributed by atoms with E-state index in [9.17, 15) is 10.2 Å². The van der Waals surface area contributed by atoms with Gasteiger partial charge in [-0.25, -0.2) is 0 Å². The fourth-order valence-electron chi connectivity index (χ4n) is 1.43. The summed E-state index contributed by atoms with van der Waals surface area (Å²) in [5, 5.41) is 18.7. The second kappa shape index (κ2) is 3.35. The van der Waals surface area contributed by atoms with Gasteiger partial charge in [0.1, 0.15) is 0 Å². The lowest BCUT2D eigenvalue weighted by Crippen LogP contribution is -2.37. The Balaban J connectivity index is 4.07. The minimum Gasteiger partial charge on any atom is -0.393 e. The molecule has 0 saturated heterocycles. The fourth-order valence-corrected chi connectivity index (χ4v) is 1.43. The van der Waals surface area contributed by atoms with E-state index >= 15 is 0 Å². The van der Waals surface area contributed by atoms with E-state index in [1.807, 2.05) is 6.92 Å². The number of rotatable bonds is 3. The van der Waals surface area contributed by atoms with Crippen LogP contribution in [0, 0.1) is 5.92 Å². The van der Waals surface area contributed by atoms with Crippen LogP contribution in [0.3, 0.4) is 0 Å². The molecule has 62 valence electrons. The molecule has 0 heterocycles. The van der Waals surface area contributed by atoms with Crippen molar-refractivity contribution < 1.29 is 10.2 Å². The van der Waals surface area contributed by atoms with E-state index in [0.29, 0.717) is 0 Å². The molecule has 0 aliphatic heterocycles. The second-order valence-corrected chi connectivity index (χ2v) is 3.41. The first-order chi connectivity index (χ1) is 4.39. The molecule has 0 rings (SSSR count). The highest BCUT2D eigenvalue weighted by Crippen LogP contribution is 2.22. The molecule has 0 aromatic heterocycles. The van der Waals surface area contributed by atoms with Crippen molar-refractivity contribution in [2.75, 3.05) is 0 Å². The lowest BCUT2D eigenvalue weighted by molar-refractivity contribution is -0.0415. The molecule has 0 radical (unpaired) electrons. The Kier molecular flexibility index (Phi) is 3.33. The molecule has 0 aromatic carbocycles. The highest BCUT2D eigenvalue weighted by Gasteiger charge is 2.28. The smallest absolute Gasteiger partial charge is 0.0644 e. The highest BCUT2D eigenvalue weighted by molar-refractivity contribution is 4.79. The highest BCUT2D eigenvalue weighted by atomic mass is 16.3. The van der Waals surface area contributed by atoms with Crippen molar-refractivity contribution in [3.05, 3.63) is 0 Å². The molecule has 0 aliphatic rings. The van der Waals surface area contributed by atoms with Crippen molar-refractivity contribution >= 4 is 0 Å². The molecule has 2 heteroatoms. The molecule has 0 aliphatic carbocycles. The SMILES string of the molecule is CCC(C(C)O)C(C)(C)O. The minimum absolute atomic E-state index is 0.0208. The first-order valence-corrected chi connectivity index (χ1v) is 3.80. The van der Waals surface area contributed by atoms with Gasteiger partial charge in [-0.1, -0.05) is 6.92 Å². The Morgan fingerprint density at radius 1 is 1.40 bits per heavy atom. The van der Waals surface area contributed by atoms with Crippen molar-refractivity contribution in [3.63, 3.8) is 0 Å². The summed E-state index contributed by atoms with van der Waals surface area (Å²) in [5.41, 5.74) is -0.761. The maximum atomic E-state index is 9.49. The Bertz CT molecular complexity index is 91.9. The van der Waals surface area contributed by atoms with Crippen LogP contribution in [-0.2, 0) is 0 Å².